The summed E-state index contributed by atoms with van der Waals surface area (Å²) in [5.41, 5.74) is 5.06. The van der Waals surface area contributed by atoms with Crippen LogP contribution < -0.4 is 14.4 Å². The number of sulfonamides is 1. The van der Waals surface area contributed by atoms with Gasteiger partial charge in [-0.1, -0.05) is 42.0 Å². The number of hydrogen-bond donors (Lipinski definition) is 1. The summed E-state index contributed by atoms with van der Waals surface area (Å²) in [4.78, 5) is 13.3. The van der Waals surface area contributed by atoms with Crippen molar-refractivity contribution in [3.8, 4) is 5.75 Å². The van der Waals surface area contributed by atoms with Crippen molar-refractivity contribution in [3.63, 3.8) is 0 Å². The SMILES string of the molecule is COc1cccc(N(CC(=O)N[C@H](C)c2ccc3c(c2)CCCC3)S(=O)(=O)c2ccc(C)cc2)c1. The summed E-state index contributed by atoms with van der Waals surface area (Å²) in [7, 11) is -2.47. The molecule has 184 valence electrons. The van der Waals surface area contributed by atoms with E-state index in [0.717, 1.165) is 28.3 Å². The second-order valence-electron chi connectivity index (χ2n) is 9.05. The molecular formula is C28H32N2O4S. The van der Waals surface area contributed by atoms with Crippen LogP contribution in [-0.2, 0) is 27.7 Å². The van der Waals surface area contributed by atoms with Crippen molar-refractivity contribution < 1.29 is 17.9 Å². The normalized spacial score (nSPS) is 14.0. The molecule has 7 heteroatoms. The zero-order chi connectivity index (χ0) is 25.0. The Balaban J connectivity index is 1.59. The van der Waals surface area contributed by atoms with Gasteiger partial charge in [-0.2, -0.15) is 0 Å². The lowest BCUT2D eigenvalue weighted by molar-refractivity contribution is -0.120. The van der Waals surface area contributed by atoms with Gasteiger partial charge < -0.3 is 10.1 Å². The van der Waals surface area contributed by atoms with Crippen LogP contribution in [0.4, 0.5) is 5.69 Å². The minimum Gasteiger partial charge on any atom is -0.497 e. The van der Waals surface area contributed by atoms with Crippen molar-refractivity contribution in [2.75, 3.05) is 18.0 Å². The van der Waals surface area contributed by atoms with Crippen molar-refractivity contribution in [1.29, 1.82) is 0 Å². The average molecular weight is 493 g/mol. The van der Waals surface area contributed by atoms with E-state index in [4.69, 9.17) is 4.74 Å². The standard InChI is InChI=1S/C28H32N2O4S/c1-20-11-15-27(16-12-20)35(32,33)30(25-9-6-10-26(18-25)34-3)19-28(31)29-21(2)23-14-13-22-7-4-5-8-24(22)17-23/h6,9-18,21H,4-5,7-8,19H2,1-3H3,(H,29,31)/t21-/m1/s1. The highest BCUT2D eigenvalue weighted by atomic mass is 32.2. The van der Waals surface area contributed by atoms with Crippen molar-refractivity contribution in [2.24, 2.45) is 0 Å². The summed E-state index contributed by atoms with van der Waals surface area (Å²) in [6.45, 7) is 3.47. The molecule has 1 amide bonds. The third-order valence-corrected chi connectivity index (χ3v) is 8.28. The Hall–Kier alpha value is -3.32. The minimum atomic E-state index is -3.99. The van der Waals surface area contributed by atoms with E-state index in [0.29, 0.717) is 11.4 Å². The summed E-state index contributed by atoms with van der Waals surface area (Å²) < 4.78 is 33.6. The Morgan fingerprint density at radius 2 is 1.71 bits per heavy atom. The molecule has 0 aliphatic heterocycles. The zero-order valence-corrected chi connectivity index (χ0v) is 21.3. The molecule has 35 heavy (non-hydrogen) atoms. The number of hydrogen-bond acceptors (Lipinski definition) is 4. The topological polar surface area (TPSA) is 75.7 Å². The molecule has 0 fully saturated rings. The van der Waals surface area contributed by atoms with Gasteiger partial charge in [0, 0.05) is 6.07 Å². The molecule has 0 saturated carbocycles. The van der Waals surface area contributed by atoms with Crippen LogP contribution in [0, 0.1) is 6.92 Å². The number of nitrogens with zero attached hydrogens (tertiary/aromatic N) is 1. The van der Waals surface area contributed by atoms with Gasteiger partial charge in [-0.05, 0) is 80.5 Å². The molecule has 3 aromatic carbocycles. The number of benzene rings is 3. The van der Waals surface area contributed by atoms with Crippen LogP contribution in [-0.4, -0.2) is 28.0 Å². The lowest BCUT2D eigenvalue weighted by Gasteiger charge is -2.26. The monoisotopic (exact) mass is 492 g/mol. The molecule has 0 aromatic heterocycles. The number of ether oxygens (including phenoxy) is 1. The first-order valence-corrected chi connectivity index (χ1v) is 13.4. The minimum absolute atomic E-state index is 0.126. The van der Waals surface area contributed by atoms with Crippen LogP contribution in [0.15, 0.2) is 71.6 Å². The summed E-state index contributed by atoms with van der Waals surface area (Å²) in [6.07, 6.45) is 4.56. The Labute approximate surface area is 208 Å². The van der Waals surface area contributed by atoms with Gasteiger partial charge in [-0.25, -0.2) is 8.42 Å². The molecule has 0 radical (unpaired) electrons. The number of carbonyl (C=O) groups is 1. The Morgan fingerprint density at radius 3 is 2.43 bits per heavy atom. The Morgan fingerprint density at radius 1 is 1.00 bits per heavy atom. The van der Waals surface area contributed by atoms with E-state index >= 15 is 0 Å². The predicted octanol–water partition coefficient (Wildman–Crippen LogP) is 4.96. The largest absolute Gasteiger partial charge is 0.497 e. The molecule has 1 atom stereocenters. The number of methoxy groups -OCH3 is 1. The van der Waals surface area contributed by atoms with Gasteiger partial charge in [0.15, 0.2) is 0 Å². The first kappa shape index (κ1) is 24.8. The first-order chi connectivity index (χ1) is 16.8. The molecule has 6 nitrogen and oxygen atoms in total. The molecule has 3 aromatic rings. The van der Waals surface area contributed by atoms with Crippen LogP contribution in [0.3, 0.4) is 0 Å². The highest BCUT2D eigenvalue weighted by Gasteiger charge is 2.28. The van der Waals surface area contributed by atoms with Gasteiger partial charge in [0.1, 0.15) is 12.3 Å². The number of amides is 1. The number of rotatable bonds is 8. The zero-order valence-electron chi connectivity index (χ0n) is 20.5. The first-order valence-electron chi connectivity index (χ1n) is 11.9. The molecule has 0 saturated heterocycles. The van der Waals surface area contributed by atoms with Gasteiger partial charge in [-0.15, -0.1) is 0 Å². The second kappa shape index (κ2) is 10.5. The third-order valence-electron chi connectivity index (χ3n) is 6.49. The molecular weight excluding hydrogens is 460 g/mol. The number of nitrogens with one attached hydrogen (secondary N) is 1. The Kier molecular flexibility index (Phi) is 7.45. The fourth-order valence-corrected chi connectivity index (χ4v) is 5.85. The number of carbonyl (C=O) groups excluding carboxylic acids is 1. The van der Waals surface area contributed by atoms with Crippen LogP contribution in [0.1, 0.15) is 48.1 Å². The summed E-state index contributed by atoms with van der Waals surface area (Å²) in [6, 6.07) is 19.5. The smallest absolute Gasteiger partial charge is 0.264 e. The van der Waals surface area contributed by atoms with Crippen molar-refractivity contribution in [3.05, 3.63) is 89.0 Å². The van der Waals surface area contributed by atoms with Gasteiger partial charge >= 0.3 is 0 Å². The molecule has 0 unspecified atom stereocenters. The number of aryl methyl sites for hydroxylation is 3. The summed E-state index contributed by atoms with van der Waals surface area (Å²) in [5, 5.41) is 2.99. The number of fused-ring (bicyclic) bond motifs is 1. The van der Waals surface area contributed by atoms with E-state index in [-0.39, 0.29) is 23.4 Å². The van der Waals surface area contributed by atoms with E-state index in [1.54, 1.807) is 48.5 Å². The van der Waals surface area contributed by atoms with Crippen molar-refractivity contribution >= 4 is 21.6 Å². The maximum atomic E-state index is 13.6. The highest BCUT2D eigenvalue weighted by molar-refractivity contribution is 7.92. The molecule has 0 spiro atoms. The maximum absolute atomic E-state index is 13.6. The lowest BCUT2D eigenvalue weighted by Crippen LogP contribution is -2.41. The van der Waals surface area contributed by atoms with E-state index in [1.165, 1.54) is 31.1 Å². The third kappa shape index (κ3) is 5.68. The number of anilines is 1. The van der Waals surface area contributed by atoms with Crippen LogP contribution in [0.5, 0.6) is 5.75 Å². The maximum Gasteiger partial charge on any atom is 0.264 e. The Bertz CT molecular complexity index is 1300. The van der Waals surface area contributed by atoms with Gasteiger partial charge in [0.2, 0.25) is 5.91 Å². The summed E-state index contributed by atoms with van der Waals surface area (Å²) in [5.74, 6) is 0.128. The fourth-order valence-electron chi connectivity index (χ4n) is 4.44. The van der Waals surface area contributed by atoms with Crippen LogP contribution in [0.25, 0.3) is 0 Å². The molecule has 1 aliphatic rings. The van der Waals surface area contributed by atoms with Crippen LogP contribution in [0.2, 0.25) is 0 Å². The second-order valence-corrected chi connectivity index (χ2v) is 10.9. The molecule has 1 N–H and O–H groups in total. The van der Waals surface area contributed by atoms with Crippen molar-refractivity contribution in [2.45, 2.75) is 50.5 Å². The molecule has 0 bridgehead atoms. The molecule has 1 aliphatic carbocycles. The predicted molar refractivity (Wildman–Crippen MR) is 138 cm³/mol. The van der Waals surface area contributed by atoms with Crippen LogP contribution >= 0.6 is 0 Å². The summed E-state index contributed by atoms with van der Waals surface area (Å²) >= 11 is 0. The molecule has 0 heterocycles. The molecule has 4 rings (SSSR count). The van der Waals surface area contributed by atoms with E-state index in [1.807, 2.05) is 13.8 Å². The quantitative estimate of drug-likeness (QED) is 0.483. The van der Waals surface area contributed by atoms with Gasteiger partial charge in [-0.3, -0.25) is 9.10 Å². The fraction of sp³-hybridized carbons (Fsp3) is 0.321. The van der Waals surface area contributed by atoms with Crippen molar-refractivity contribution in [1.82, 2.24) is 5.32 Å². The highest BCUT2D eigenvalue weighted by Crippen LogP contribution is 2.28. The van der Waals surface area contributed by atoms with E-state index in [2.05, 4.69) is 23.5 Å². The average Bonchev–Trinajstić information content (AvgIpc) is 2.87. The van der Waals surface area contributed by atoms with Gasteiger partial charge in [0.05, 0.1) is 23.7 Å². The lowest BCUT2D eigenvalue weighted by atomic mass is 9.89. The van der Waals surface area contributed by atoms with E-state index in [9.17, 15) is 13.2 Å². The van der Waals surface area contributed by atoms with Gasteiger partial charge in [0.25, 0.3) is 10.0 Å². The van der Waals surface area contributed by atoms with E-state index < -0.39 is 10.0 Å².